The Labute approximate surface area is 269 Å². The predicted octanol–water partition coefficient (Wildman–Crippen LogP) is 7.35. The van der Waals surface area contributed by atoms with E-state index < -0.39 is 17.4 Å². The predicted molar refractivity (Wildman–Crippen MR) is 171 cm³/mol. The normalized spacial score (nSPS) is 21.9. The van der Waals surface area contributed by atoms with E-state index >= 15 is 0 Å². The first kappa shape index (κ1) is 31.6. The van der Waals surface area contributed by atoms with Gasteiger partial charge in [-0.05, 0) is 45.2 Å². The molecule has 3 unspecified atom stereocenters. The summed E-state index contributed by atoms with van der Waals surface area (Å²) in [6.45, 7) is 7.65. The molecule has 0 N–H and O–H groups in total. The van der Waals surface area contributed by atoms with E-state index in [2.05, 4.69) is 14.9 Å². The Balaban J connectivity index is 0.000000213. The number of nitrogens with zero attached hydrogens (tertiary/aromatic N) is 5. The average Bonchev–Trinajstić information content (AvgIpc) is 3.28. The Morgan fingerprint density at radius 1 is 1.11 bits per heavy atom. The number of ether oxygens (including phenoxy) is 3. The Morgan fingerprint density at radius 2 is 1.80 bits per heavy atom. The first-order chi connectivity index (χ1) is 21.4. The number of carbonyl (C=O) groups excluding carboxylic acids is 1. The van der Waals surface area contributed by atoms with Crippen LogP contribution in [0.15, 0.2) is 42.6 Å². The Hall–Kier alpha value is -3.35. The third-order valence-corrected chi connectivity index (χ3v) is 9.63. The summed E-state index contributed by atoms with van der Waals surface area (Å²) in [7, 11) is 1.57. The highest BCUT2D eigenvalue weighted by atomic mass is 35.5. The average molecular weight is 660 g/mol. The summed E-state index contributed by atoms with van der Waals surface area (Å²) in [5, 5.41) is 2.40. The molecule has 0 spiro atoms. The molecule has 3 fully saturated rings. The molecular weight excluding hydrogens is 624 g/mol. The van der Waals surface area contributed by atoms with Crippen LogP contribution in [-0.4, -0.2) is 76.4 Å². The van der Waals surface area contributed by atoms with Crippen molar-refractivity contribution in [2.24, 2.45) is 5.92 Å². The maximum absolute atomic E-state index is 12.8. The van der Waals surface area contributed by atoms with Crippen LogP contribution in [0.1, 0.15) is 45.6 Å². The van der Waals surface area contributed by atoms with E-state index in [1.807, 2.05) is 62.1 Å². The van der Waals surface area contributed by atoms with Gasteiger partial charge >= 0.3 is 12.1 Å². The number of anilines is 1. The van der Waals surface area contributed by atoms with E-state index in [1.165, 1.54) is 11.3 Å². The molecule has 7 rings (SSSR count). The first-order valence-corrected chi connectivity index (χ1v) is 16.2. The van der Waals surface area contributed by atoms with Gasteiger partial charge in [-0.1, -0.05) is 41.9 Å². The van der Waals surface area contributed by atoms with E-state index in [9.17, 15) is 13.6 Å². The van der Waals surface area contributed by atoms with Gasteiger partial charge in [0.2, 0.25) is 0 Å². The molecule has 2 bridgehead atoms. The highest BCUT2D eigenvalue weighted by molar-refractivity contribution is 7.26. The molecule has 3 aromatic heterocycles. The number of fused-ring (bicyclic) bond motifs is 5. The molecule has 3 atom stereocenters. The van der Waals surface area contributed by atoms with Crippen molar-refractivity contribution in [2.45, 2.75) is 70.2 Å². The second-order valence-corrected chi connectivity index (χ2v) is 14.0. The van der Waals surface area contributed by atoms with Crippen LogP contribution in [0.4, 0.5) is 19.4 Å². The zero-order valence-corrected chi connectivity index (χ0v) is 27.2. The molecule has 13 heteroatoms. The largest absolute Gasteiger partial charge is 0.467 e. The molecule has 2 saturated heterocycles. The van der Waals surface area contributed by atoms with Crippen molar-refractivity contribution in [3.05, 3.63) is 53.3 Å². The van der Waals surface area contributed by atoms with Crippen LogP contribution in [0.25, 0.3) is 20.3 Å². The lowest BCUT2D eigenvalue weighted by molar-refractivity contribution is 0.0122. The molecule has 0 radical (unpaired) electrons. The van der Waals surface area contributed by atoms with Crippen molar-refractivity contribution in [3.63, 3.8) is 0 Å². The van der Waals surface area contributed by atoms with Gasteiger partial charge in [0.05, 0.1) is 48.4 Å². The lowest BCUT2D eigenvalue weighted by Crippen LogP contribution is -2.57. The second kappa shape index (κ2) is 12.4. The maximum Gasteiger partial charge on any atom is 0.410 e. The number of piperazine rings is 1. The van der Waals surface area contributed by atoms with Gasteiger partial charge < -0.3 is 19.1 Å². The van der Waals surface area contributed by atoms with Crippen molar-refractivity contribution in [1.29, 1.82) is 0 Å². The molecule has 240 valence electrons. The molecular formula is C32H36ClF2N5O4S. The summed E-state index contributed by atoms with van der Waals surface area (Å²) >= 11 is 7.84. The third-order valence-electron chi connectivity index (χ3n) is 8.12. The van der Waals surface area contributed by atoms with E-state index in [0.29, 0.717) is 30.9 Å². The van der Waals surface area contributed by atoms with Gasteiger partial charge in [0, 0.05) is 31.1 Å². The smallest absolute Gasteiger partial charge is 0.410 e. The standard InChI is InChI=1S/C21H24ClN5O3S.C11H12F2O/c1-21(2,3)30-20(28)27-11-5-6-12(27)10-26(9-11)17-14-13-7-8-23-16(22)15(13)31-18(14)25-19(24-17)29-4;12-11(13)6-10(11)8-14-7-9-4-2-1-3-5-9/h7-8,11-12H,5-6,9-10H2,1-4H3;1-5,10H,6-8H2. The summed E-state index contributed by atoms with van der Waals surface area (Å²) < 4.78 is 42.0. The number of hydrogen-bond donors (Lipinski definition) is 0. The summed E-state index contributed by atoms with van der Waals surface area (Å²) in [6, 6.07) is 12.0. The number of amides is 1. The lowest BCUT2D eigenvalue weighted by atomic mass is 10.1. The molecule has 3 aliphatic rings. The van der Waals surface area contributed by atoms with Crippen LogP contribution in [0.3, 0.4) is 0 Å². The number of benzene rings is 1. The summed E-state index contributed by atoms with van der Waals surface area (Å²) in [6.07, 6.45) is 3.36. The SMILES string of the molecule is COc1nc(N2CC3CCC(C2)N3C(=O)OC(C)(C)C)c2c(n1)sc1c(Cl)nccc12.FC1(F)CC1COCc1ccccc1. The van der Waals surface area contributed by atoms with Gasteiger partial charge in [-0.15, -0.1) is 11.3 Å². The third kappa shape index (κ3) is 6.92. The van der Waals surface area contributed by atoms with Gasteiger partial charge in [0.25, 0.3) is 5.92 Å². The molecule has 1 aliphatic carbocycles. The van der Waals surface area contributed by atoms with Crippen molar-refractivity contribution in [1.82, 2.24) is 19.9 Å². The van der Waals surface area contributed by atoms with Gasteiger partial charge in [0.15, 0.2) is 0 Å². The minimum absolute atomic E-state index is 0.0121. The van der Waals surface area contributed by atoms with Crippen molar-refractivity contribution in [3.8, 4) is 6.01 Å². The molecule has 9 nitrogen and oxygen atoms in total. The molecule has 2 aliphatic heterocycles. The van der Waals surface area contributed by atoms with Gasteiger partial charge in [-0.3, -0.25) is 4.90 Å². The molecule has 1 saturated carbocycles. The number of carbonyl (C=O) groups is 1. The molecule has 5 heterocycles. The molecule has 45 heavy (non-hydrogen) atoms. The quantitative estimate of drug-likeness (QED) is 0.199. The van der Waals surface area contributed by atoms with Crippen LogP contribution in [0.2, 0.25) is 5.15 Å². The van der Waals surface area contributed by atoms with Crippen LogP contribution >= 0.6 is 22.9 Å². The zero-order chi connectivity index (χ0) is 31.9. The zero-order valence-electron chi connectivity index (χ0n) is 25.6. The second-order valence-electron chi connectivity index (χ2n) is 12.6. The monoisotopic (exact) mass is 659 g/mol. The van der Waals surface area contributed by atoms with E-state index in [0.717, 1.165) is 44.5 Å². The summed E-state index contributed by atoms with van der Waals surface area (Å²) in [4.78, 5) is 31.3. The highest BCUT2D eigenvalue weighted by Crippen LogP contribution is 2.48. The van der Waals surface area contributed by atoms with E-state index in [4.69, 9.17) is 30.8 Å². The molecule has 1 amide bonds. The van der Waals surface area contributed by atoms with Crippen molar-refractivity contribution < 1.29 is 27.8 Å². The number of hydrogen-bond acceptors (Lipinski definition) is 9. The van der Waals surface area contributed by atoms with Crippen molar-refractivity contribution in [2.75, 3.05) is 31.7 Å². The van der Waals surface area contributed by atoms with Crippen LogP contribution in [-0.2, 0) is 16.1 Å². The molecule has 4 aromatic rings. The lowest BCUT2D eigenvalue weighted by Gasteiger charge is -2.42. The topological polar surface area (TPSA) is 89.9 Å². The minimum Gasteiger partial charge on any atom is -0.467 e. The Bertz CT molecular complexity index is 1670. The minimum atomic E-state index is -2.46. The number of halogens is 3. The van der Waals surface area contributed by atoms with Crippen molar-refractivity contribution >= 4 is 55.2 Å². The number of alkyl halides is 2. The van der Waals surface area contributed by atoms with Crippen LogP contribution in [0.5, 0.6) is 6.01 Å². The van der Waals surface area contributed by atoms with Crippen LogP contribution in [0, 0.1) is 5.92 Å². The van der Waals surface area contributed by atoms with E-state index in [1.54, 1.807) is 13.3 Å². The maximum atomic E-state index is 12.8. The van der Waals surface area contributed by atoms with Gasteiger partial charge in [-0.25, -0.2) is 18.6 Å². The van der Waals surface area contributed by atoms with Gasteiger partial charge in [-0.2, -0.15) is 9.97 Å². The Kier molecular flexibility index (Phi) is 8.75. The van der Waals surface area contributed by atoms with Gasteiger partial charge in [0.1, 0.15) is 21.4 Å². The van der Waals surface area contributed by atoms with E-state index in [-0.39, 0.29) is 31.2 Å². The fourth-order valence-corrected chi connectivity index (χ4v) is 7.20. The number of aromatic nitrogens is 3. The summed E-state index contributed by atoms with van der Waals surface area (Å²) in [5.41, 5.74) is 0.513. The molecule has 1 aromatic carbocycles. The number of rotatable bonds is 6. The highest BCUT2D eigenvalue weighted by Gasteiger charge is 2.56. The number of pyridine rings is 1. The fraction of sp³-hybridized carbons (Fsp3) is 0.500. The number of thiophene rings is 1. The Morgan fingerprint density at radius 3 is 2.42 bits per heavy atom. The number of methoxy groups -OCH3 is 1. The first-order valence-electron chi connectivity index (χ1n) is 15.0. The summed E-state index contributed by atoms with van der Waals surface area (Å²) in [5.74, 6) is -2.20. The van der Waals surface area contributed by atoms with Crippen LogP contribution < -0.4 is 9.64 Å². The fourth-order valence-electron chi connectivity index (χ4n) is 5.89.